The van der Waals surface area contributed by atoms with Gasteiger partial charge in [0.15, 0.2) is 0 Å². The summed E-state index contributed by atoms with van der Waals surface area (Å²) in [6.45, 7) is 0. The maximum atomic E-state index is 12.9. The van der Waals surface area contributed by atoms with Gasteiger partial charge in [0.05, 0.1) is 16.7 Å². The van der Waals surface area contributed by atoms with Crippen molar-refractivity contribution in [3.63, 3.8) is 0 Å². The number of rotatable bonds is 4. The Morgan fingerprint density at radius 1 is 1.20 bits per heavy atom. The van der Waals surface area contributed by atoms with E-state index in [9.17, 15) is 14.5 Å². The van der Waals surface area contributed by atoms with Crippen LogP contribution >= 0.6 is 0 Å². The Bertz CT molecular complexity index is 654. The van der Waals surface area contributed by atoms with E-state index >= 15 is 0 Å². The van der Waals surface area contributed by atoms with E-state index in [2.05, 4.69) is 9.99 Å². The molecule has 20 heavy (non-hydrogen) atoms. The highest BCUT2D eigenvalue weighted by atomic mass is 19.1. The van der Waals surface area contributed by atoms with E-state index in [1.165, 1.54) is 31.5 Å². The Labute approximate surface area is 114 Å². The Balaban J connectivity index is 2.48. The van der Waals surface area contributed by atoms with Crippen molar-refractivity contribution in [3.8, 4) is 11.1 Å². The molecule has 0 aliphatic heterocycles. The number of oxime groups is 1. The van der Waals surface area contributed by atoms with Gasteiger partial charge in [-0.3, -0.25) is 10.1 Å². The molecule has 5 nitrogen and oxygen atoms in total. The first-order valence-corrected chi connectivity index (χ1v) is 5.72. The first-order valence-electron chi connectivity index (χ1n) is 5.72. The number of hydrogen-bond donors (Lipinski definition) is 0. The van der Waals surface area contributed by atoms with E-state index < -0.39 is 4.92 Å². The molecule has 0 atom stereocenters. The highest BCUT2D eigenvalue weighted by Crippen LogP contribution is 2.26. The van der Waals surface area contributed by atoms with Crippen LogP contribution in [0.1, 0.15) is 5.56 Å². The quantitative estimate of drug-likeness (QED) is 0.487. The average molecular weight is 274 g/mol. The van der Waals surface area contributed by atoms with E-state index in [1.54, 1.807) is 24.3 Å². The summed E-state index contributed by atoms with van der Waals surface area (Å²) in [4.78, 5) is 15.0. The summed E-state index contributed by atoms with van der Waals surface area (Å²) in [6, 6.07) is 10.5. The van der Waals surface area contributed by atoms with Crippen LogP contribution in [0.2, 0.25) is 0 Å². The van der Waals surface area contributed by atoms with Crippen molar-refractivity contribution in [1.82, 2.24) is 0 Å². The highest BCUT2D eigenvalue weighted by molar-refractivity contribution is 5.87. The van der Waals surface area contributed by atoms with E-state index in [0.29, 0.717) is 5.56 Å². The van der Waals surface area contributed by atoms with Crippen LogP contribution in [0, 0.1) is 15.9 Å². The van der Waals surface area contributed by atoms with Crippen molar-refractivity contribution in [2.75, 3.05) is 7.11 Å². The van der Waals surface area contributed by atoms with Gasteiger partial charge in [-0.2, -0.15) is 0 Å². The van der Waals surface area contributed by atoms with Gasteiger partial charge >= 0.3 is 0 Å². The van der Waals surface area contributed by atoms with Gasteiger partial charge in [-0.1, -0.05) is 17.3 Å². The lowest BCUT2D eigenvalue weighted by Gasteiger charge is -2.04. The maximum Gasteiger partial charge on any atom is 0.278 e. The fourth-order valence-corrected chi connectivity index (χ4v) is 1.76. The summed E-state index contributed by atoms with van der Waals surface area (Å²) >= 11 is 0. The minimum absolute atomic E-state index is 0.0725. The van der Waals surface area contributed by atoms with Gasteiger partial charge in [-0.25, -0.2) is 4.39 Å². The Morgan fingerprint density at radius 2 is 1.85 bits per heavy atom. The number of nitro groups is 1. The van der Waals surface area contributed by atoms with Crippen molar-refractivity contribution in [2.24, 2.45) is 5.16 Å². The average Bonchev–Trinajstić information content (AvgIpc) is 2.45. The molecule has 0 saturated carbocycles. The molecule has 0 spiro atoms. The number of halogens is 1. The number of hydrogen-bond acceptors (Lipinski definition) is 4. The lowest BCUT2D eigenvalue weighted by Crippen LogP contribution is -1.95. The molecule has 6 heteroatoms. The van der Waals surface area contributed by atoms with Gasteiger partial charge < -0.3 is 4.84 Å². The highest BCUT2D eigenvalue weighted by Gasteiger charge is 2.13. The fraction of sp³-hybridized carbons (Fsp3) is 0.0714. The van der Waals surface area contributed by atoms with Crippen LogP contribution in [-0.4, -0.2) is 18.2 Å². The molecule has 0 saturated heterocycles. The molecule has 2 aromatic carbocycles. The smallest absolute Gasteiger partial charge is 0.278 e. The van der Waals surface area contributed by atoms with Crippen molar-refractivity contribution in [2.45, 2.75) is 0 Å². The van der Waals surface area contributed by atoms with Crippen LogP contribution in [0.15, 0.2) is 47.6 Å². The second kappa shape index (κ2) is 5.92. The molecule has 0 heterocycles. The van der Waals surface area contributed by atoms with Crippen molar-refractivity contribution in [3.05, 3.63) is 64.0 Å². The number of benzene rings is 2. The largest absolute Gasteiger partial charge is 0.399 e. The Hall–Kier alpha value is -2.76. The lowest BCUT2D eigenvalue weighted by atomic mass is 10.0. The summed E-state index contributed by atoms with van der Waals surface area (Å²) in [7, 11) is 1.35. The standard InChI is InChI=1S/C14H11FN2O3/c1-20-16-9-12-8-11(4-7-14(12)17(18)19)10-2-5-13(15)6-3-10/h2-9H,1H3/b16-9+. The number of nitro benzene ring substituents is 1. The van der Waals surface area contributed by atoms with E-state index in [-0.39, 0.29) is 11.5 Å². The first-order chi connectivity index (χ1) is 9.61. The fourth-order valence-electron chi connectivity index (χ4n) is 1.76. The van der Waals surface area contributed by atoms with Gasteiger partial charge in [0.2, 0.25) is 0 Å². The third kappa shape index (κ3) is 2.97. The predicted molar refractivity (Wildman–Crippen MR) is 73.1 cm³/mol. The first kappa shape index (κ1) is 13.7. The van der Waals surface area contributed by atoms with Crippen LogP contribution in [-0.2, 0) is 4.84 Å². The monoisotopic (exact) mass is 274 g/mol. The molecule has 0 radical (unpaired) electrons. The summed E-state index contributed by atoms with van der Waals surface area (Å²) in [6.07, 6.45) is 1.27. The minimum atomic E-state index is -0.495. The zero-order chi connectivity index (χ0) is 14.5. The molecule has 102 valence electrons. The zero-order valence-corrected chi connectivity index (χ0v) is 10.6. The van der Waals surface area contributed by atoms with E-state index in [4.69, 9.17) is 0 Å². The molecule has 0 aromatic heterocycles. The second-order valence-electron chi connectivity index (χ2n) is 3.95. The molecule has 0 amide bonds. The normalized spacial score (nSPS) is 10.7. The topological polar surface area (TPSA) is 64.7 Å². The van der Waals surface area contributed by atoms with Gasteiger partial charge in [0, 0.05) is 6.07 Å². The molecular formula is C14H11FN2O3. The number of nitrogens with zero attached hydrogens (tertiary/aromatic N) is 2. The predicted octanol–water partition coefficient (Wildman–Crippen LogP) is 3.38. The van der Waals surface area contributed by atoms with Gasteiger partial charge in [-0.15, -0.1) is 0 Å². The molecule has 2 rings (SSSR count). The molecule has 0 aliphatic carbocycles. The molecule has 0 aliphatic rings. The van der Waals surface area contributed by atoms with Gasteiger partial charge in [0.1, 0.15) is 12.9 Å². The van der Waals surface area contributed by atoms with Gasteiger partial charge in [-0.05, 0) is 35.4 Å². The lowest BCUT2D eigenvalue weighted by molar-refractivity contribution is -0.385. The minimum Gasteiger partial charge on any atom is -0.399 e. The van der Waals surface area contributed by atoms with Crippen LogP contribution in [0.3, 0.4) is 0 Å². The van der Waals surface area contributed by atoms with Crippen molar-refractivity contribution in [1.29, 1.82) is 0 Å². The van der Waals surface area contributed by atoms with E-state index in [1.807, 2.05) is 0 Å². The molecule has 0 bridgehead atoms. The Morgan fingerprint density at radius 3 is 2.45 bits per heavy atom. The van der Waals surface area contributed by atoms with Crippen molar-refractivity contribution < 1.29 is 14.2 Å². The molecule has 0 N–H and O–H groups in total. The second-order valence-corrected chi connectivity index (χ2v) is 3.95. The summed E-state index contributed by atoms with van der Waals surface area (Å²) in [5.41, 5.74) is 1.73. The SMILES string of the molecule is CO/N=C/c1cc(-c2ccc(F)cc2)ccc1[N+](=O)[O-]. The molecule has 0 unspecified atom stereocenters. The molecule has 2 aromatic rings. The molecular weight excluding hydrogens is 263 g/mol. The third-order valence-electron chi connectivity index (χ3n) is 2.70. The summed E-state index contributed by atoms with van der Waals surface area (Å²) in [5, 5.41) is 14.5. The Kier molecular flexibility index (Phi) is 4.05. The van der Waals surface area contributed by atoms with Gasteiger partial charge in [0.25, 0.3) is 5.69 Å². The van der Waals surface area contributed by atoms with E-state index in [0.717, 1.165) is 11.1 Å². The summed E-state index contributed by atoms with van der Waals surface area (Å²) in [5.74, 6) is -0.336. The third-order valence-corrected chi connectivity index (χ3v) is 2.70. The van der Waals surface area contributed by atoms with Crippen LogP contribution < -0.4 is 0 Å². The maximum absolute atomic E-state index is 12.9. The zero-order valence-electron chi connectivity index (χ0n) is 10.6. The summed E-state index contributed by atoms with van der Waals surface area (Å²) < 4.78 is 12.9. The van der Waals surface area contributed by atoms with Crippen molar-refractivity contribution >= 4 is 11.9 Å². The van der Waals surface area contributed by atoms with Crippen LogP contribution in [0.5, 0.6) is 0 Å². The molecule has 0 fully saturated rings. The van der Waals surface area contributed by atoms with Crippen LogP contribution in [0.4, 0.5) is 10.1 Å². The van der Waals surface area contributed by atoms with Crippen LogP contribution in [0.25, 0.3) is 11.1 Å².